The number of nitrogens with zero attached hydrogens (tertiary/aromatic N) is 4. The second kappa shape index (κ2) is 14.7. The third kappa shape index (κ3) is 6.36. The van der Waals surface area contributed by atoms with Gasteiger partial charge in [-0.3, -0.25) is 0 Å². The van der Waals surface area contributed by atoms with Gasteiger partial charge in [0.15, 0.2) is 0 Å². The number of hydrogen-bond donors (Lipinski definition) is 0. The van der Waals surface area contributed by atoms with Crippen LogP contribution in [0.5, 0.6) is 0 Å². The molecule has 0 aliphatic heterocycles. The zero-order valence-electron chi connectivity index (χ0n) is 31.1. The van der Waals surface area contributed by atoms with E-state index in [1.54, 1.807) is 0 Å². The molecule has 0 spiro atoms. The Morgan fingerprint density at radius 1 is 0.333 bits per heavy atom. The molecule has 0 fully saturated rings. The first-order valence-electron chi connectivity index (χ1n) is 18.9. The average Bonchev–Trinajstić information content (AvgIpc) is 3.63. The van der Waals surface area contributed by atoms with Gasteiger partial charge in [0.25, 0.3) is 0 Å². The van der Waals surface area contributed by atoms with Crippen LogP contribution in [0.2, 0.25) is 0 Å². The zero-order valence-corrected chi connectivity index (χ0v) is 33.2. The van der Waals surface area contributed by atoms with Gasteiger partial charge in [0.05, 0.1) is 0 Å². The summed E-state index contributed by atoms with van der Waals surface area (Å²) in [5.41, 5.74) is 8.44. The first-order valence-corrected chi connectivity index (χ1v) is 23.7. The molecule has 0 N–H and O–H groups in total. The number of para-hydroxylation sites is 1. The summed E-state index contributed by atoms with van der Waals surface area (Å²) in [6.45, 7) is 0. The Morgan fingerprint density at radius 3 is 1.46 bits per heavy atom. The van der Waals surface area contributed by atoms with Crippen molar-refractivity contribution in [3.63, 3.8) is 0 Å². The minimum absolute atomic E-state index is 0.574. The van der Waals surface area contributed by atoms with Crippen LogP contribution in [0.25, 0.3) is 72.8 Å². The Morgan fingerprint density at radius 2 is 0.789 bits per heavy atom. The molecule has 0 amide bonds. The Balaban J connectivity index is 1.10. The summed E-state index contributed by atoms with van der Waals surface area (Å²) in [5.74, 6) is 1.81. The normalized spacial score (nSPS) is 11.9. The standard InChI is InChI=1S/C52H37IN4/c1-53(43-23-10-4-11-24-43,44-25-12-5-13-26-44)45-32-29-38(30-33-45)40-21-16-22-42(35-40)51-54-50(39-19-8-3-9-20-39)55-52(56-51)57-48-28-15-14-27-46(48)47-34-31-41(36-49(47)57)37-17-6-2-7-18-37/h2-36H,1H2. The van der Waals surface area contributed by atoms with E-state index in [9.17, 15) is 0 Å². The monoisotopic (exact) mass is 844 g/mol. The van der Waals surface area contributed by atoms with E-state index in [1.165, 1.54) is 10.7 Å². The SMILES string of the molecule is C=I(c1ccccc1)(c1ccccc1)c1ccc(-c2cccc(-c3nc(-c4ccccc4)nc(-n4c5ccccc5c5ccc(-c6ccccc6)cc54)n3)c2)cc1. The summed E-state index contributed by atoms with van der Waals surface area (Å²) < 4.78 is 11.1. The van der Waals surface area contributed by atoms with E-state index in [0.717, 1.165) is 55.2 Å². The molecular formula is C52H37IN4. The second-order valence-corrected chi connectivity index (χ2v) is 21.6. The maximum absolute atomic E-state index is 5.26. The fraction of sp³-hybridized carbons (Fsp3) is 0. The predicted molar refractivity (Wildman–Crippen MR) is 246 cm³/mol. The van der Waals surface area contributed by atoms with Crippen molar-refractivity contribution in [3.05, 3.63) is 223 Å². The summed E-state index contributed by atoms with van der Waals surface area (Å²) in [6.07, 6.45) is 0. The van der Waals surface area contributed by atoms with Gasteiger partial charge in [-0.1, -0.05) is 78.9 Å². The molecule has 57 heavy (non-hydrogen) atoms. The zero-order chi connectivity index (χ0) is 38.2. The molecule has 0 saturated heterocycles. The van der Waals surface area contributed by atoms with Crippen molar-refractivity contribution in [1.82, 2.24) is 19.5 Å². The van der Waals surface area contributed by atoms with Crippen LogP contribution in [0.3, 0.4) is 0 Å². The predicted octanol–water partition coefficient (Wildman–Crippen LogP) is 13.0. The molecular weight excluding hydrogens is 808 g/mol. The topological polar surface area (TPSA) is 43.6 Å². The third-order valence-corrected chi connectivity index (χ3v) is 19.1. The van der Waals surface area contributed by atoms with Crippen molar-refractivity contribution >= 4 is 44.3 Å². The van der Waals surface area contributed by atoms with Gasteiger partial charge in [-0.2, -0.15) is 0 Å². The first kappa shape index (κ1) is 34.6. The number of hydrogen-bond acceptors (Lipinski definition) is 3. The number of aromatic nitrogens is 4. The molecule has 4 nitrogen and oxygen atoms in total. The first-order chi connectivity index (χ1) is 28.1. The second-order valence-electron chi connectivity index (χ2n) is 14.0. The third-order valence-electron chi connectivity index (χ3n) is 10.5. The van der Waals surface area contributed by atoms with E-state index in [-0.39, 0.29) is 0 Å². The van der Waals surface area contributed by atoms with Gasteiger partial charge in [0.2, 0.25) is 0 Å². The van der Waals surface area contributed by atoms with Crippen LogP contribution in [0.4, 0.5) is 0 Å². The van der Waals surface area contributed by atoms with Gasteiger partial charge < -0.3 is 0 Å². The Hall–Kier alpha value is -6.83. The molecule has 10 rings (SSSR count). The van der Waals surface area contributed by atoms with Crippen molar-refractivity contribution in [2.45, 2.75) is 0 Å². The van der Waals surface area contributed by atoms with E-state index < -0.39 is 18.0 Å². The average molecular weight is 845 g/mol. The molecule has 10 aromatic rings. The molecule has 0 radical (unpaired) electrons. The van der Waals surface area contributed by atoms with Crippen LogP contribution in [-0.4, -0.2) is 24.0 Å². The van der Waals surface area contributed by atoms with Crippen molar-refractivity contribution in [2.75, 3.05) is 0 Å². The van der Waals surface area contributed by atoms with Gasteiger partial charge >= 0.3 is 225 Å². The summed E-state index contributed by atoms with van der Waals surface area (Å²) in [5, 5.41) is 2.30. The molecule has 8 aromatic carbocycles. The van der Waals surface area contributed by atoms with E-state index in [2.05, 4.69) is 193 Å². The quantitative estimate of drug-likeness (QED) is 0.143. The fourth-order valence-electron chi connectivity index (χ4n) is 7.64. The fourth-order valence-corrected chi connectivity index (χ4v) is 14.7. The minimum atomic E-state index is -3.05. The van der Waals surface area contributed by atoms with E-state index >= 15 is 0 Å². The number of fused-ring (bicyclic) bond motifs is 3. The van der Waals surface area contributed by atoms with E-state index in [0.29, 0.717) is 17.6 Å². The molecule has 0 saturated carbocycles. The number of rotatable bonds is 8. The van der Waals surface area contributed by atoms with Crippen LogP contribution in [0, 0.1) is 10.7 Å². The Bertz CT molecular complexity index is 3020. The molecule has 0 atom stereocenters. The van der Waals surface area contributed by atoms with Crippen LogP contribution >= 0.6 is 18.0 Å². The van der Waals surface area contributed by atoms with Gasteiger partial charge in [0.1, 0.15) is 0 Å². The van der Waals surface area contributed by atoms with E-state index in [1.807, 2.05) is 24.3 Å². The van der Waals surface area contributed by atoms with Crippen LogP contribution < -0.4 is 0 Å². The van der Waals surface area contributed by atoms with Crippen molar-refractivity contribution in [1.29, 1.82) is 0 Å². The van der Waals surface area contributed by atoms with Crippen molar-refractivity contribution in [3.8, 4) is 51.0 Å². The molecule has 5 heteroatoms. The molecule has 0 unspecified atom stereocenters. The van der Waals surface area contributed by atoms with Crippen LogP contribution in [-0.2, 0) is 0 Å². The van der Waals surface area contributed by atoms with Gasteiger partial charge in [-0.15, -0.1) is 0 Å². The number of halogens is 1. The van der Waals surface area contributed by atoms with Gasteiger partial charge in [-0.05, 0) is 23.3 Å². The molecule has 0 aliphatic rings. The van der Waals surface area contributed by atoms with Crippen molar-refractivity contribution in [2.24, 2.45) is 0 Å². The van der Waals surface area contributed by atoms with Crippen molar-refractivity contribution < 1.29 is 0 Å². The molecule has 0 aliphatic carbocycles. The summed E-state index contributed by atoms with van der Waals surface area (Å²) in [6, 6.07) is 75.0. The maximum atomic E-state index is 5.26. The number of benzene rings is 8. The summed E-state index contributed by atoms with van der Waals surface area (Å²) >= 11 is -3.05. The Kier molecular flexibility index (Phi) is 8.92. The Labute approximate surface area is 335 Å². The van der Waals surface area contributed by atoms with Gasteiger partial charge in [-0.25, -0.2) is 0 Å². The molecule has 272 valence electrons. The van der Waals surface area contributed by atoms with Crippen LogP contribution in [0.15, 0.2) is 212 Å². The molecule has 2 heterocycles. The van der Waals surface area contributed by atoms with Crippen LogP contribution in [0.1, 0.15) is 0 Å². The molecule has 0 bridgehead atoms. The van der Waals surface area contributed by atoms with Gasteiger partial charge in [0, 0.05) is 10.8 Å². The molecule has 2 aromatic heterocycles. The summed E-state index contributed by atoms with van der Waals surface area (Å²) in [7, 11) is 0. The van der Waals surface area contributed by atoms with E-state index in [4.69, 9.17) is 19.5 Å². The summed E-state index contributed by atoms with van der Waals surface area (Å²) in [4.78, 5) is 15.6.